The van der Waals surface area contributed by atoms with Gasteiger partial charge in [0.25, 0.3) is 11.7 Å². The maximum Gasteiger partial charge on any atom is 0.299 e. The molecule has 0 spiro atoms. The molecule has 19 heavy (non-hydrogen) atoms. The van der Waals surface area contributed by atoms with Crippen molar-refractivity contribution in [1.29, 1.82) is 0 Å². The van der Waals surface area contributed by atoms with Crippen LogP contribution in [0.5, 0.6) is 0 Å². The van der Waals surface area contributed by atoms with Crippen molar-refractivity contribution in [2.75, 3.05) is 18.0 Å². The number of para-hydroxylation sites is 1. The minimum Gasteiger partial charge on any atom is -0.344 e. The van der Waals surface area contributed by atoms with Gasteiger partial charge in [0, 0.05) is 0 Å². The van der Waals surface area contributed by atoms with Gasteiger partial charge in [0.05, 0.1) is 17.8 Å². The van der Waals surface area contributed by atoms with Gasteiger partial charge in [-0.05, 0) is 18.6 Å². The Morgan fingerprint density at radius 3 is 2.84 bits per heavy atom. The largest absolute Gasteiger partial charge is 0.344 e. The second-order valence-corrected chi connectivity index (χ2v) is 4.17. The molecule has 1 heterocycles. The lowest BCUT2D eigenvalue weighted by Crippen LogP contribution is -2.40. The zero-order chi connectivity index (χ0) is 14.0. The zero-order valence-corrected chi connectivity index (χ0v) is 10.4. The summed E-state index contributed by atoms with van der Waals surface area (Å²) >= 11 is 0. The van der Waals surface area contributed by atoms with Gasteiger partial charge in [0.2, 0.25) is 5.91 Å². The van der Waals surface area contributed by atoms with Crippen molar-refractivity contribution in [2.24, 2.45) is 0 Å². The normalized spacial score (nSPS) is 13.2. The van der Waals surface area contributed by atoms with Crippen LogP contribution >= 0.6 is 0 Å². The van der Waals surface area contributed by atoms with Gasteiger partial charge in [-0.2, -0.15) is 0 Å². The molecule has 0 aliphatic carbocycles. The molecule has 0 radical (unpaired) electrons. The Bertz CT molecular complexity index is 614. The summed E-state index contributed by atoms with van der Waals surface area (Å²) in [6.07, 6.45) is 5.04. The van der Waals surface area contributed by atoms with Crippen molar-refractivity contribution in [3.8, 4) is 12.3 Å². The van der Waals surface area contributed by atoms with Gasteiger partial charge in [0.15, 0.2) is 0 Å². The van der Waals surface area contributed by atoms with Crippen LogP contribution < -0.4 is 10.2 Å². The average molecular weight is 256 g/mol. The SMILES string of the molecule is C#CCNC(=O)CN1C(=O)C(=O)c2cccc(C)c21. The molecule has 0 atom stereocenters. The Kier molecular flexibility index (Phi) is 3.34. The van der Waals surface area contributed by atoms with Crippen molar-refractivity contribution >= 4 is 23.3 Å². The average Bonchev–Trinajstić information content (AvgIpc) is 2.63. The lowest BCUT2D eigenvalue weighted by atomic mass is 10.1. The van der Waals surface area contributed by atoms with Crippen LogP contribution in [-0.4, -0.2) is 30.7 Å². The number of anilines is 1. The Morgan fingerprint density at radius 2 is 2.16 bits per heavy atom. The number of fused-ring (bicyclic) bond motifs is 1. The van der Waals surface area contributed by atoms with Crippen LogP contribution in [0.4, 0.5) is 5.69 Å². The third-order valence-corrected chi connectivity index (χ3v) is 2.88. The summed E-state index contributed by atoms with van der Waals surface area (Å²) in [4.78, 5) is 36.5. The van der Waals surface area contributed by atoms with E-state index in [9.17, 15) is 14.4 Å². The Labute approximate surface area is 110 Å². The van der Waals surface area contributed by atoms with Crippen LogP contribution in [0.25, 0.3) is 0 Å². The third-order valence-electron chi connectivity index (χ3n) is 2.88. The Hall–Kier alpha value is -2.61. The number of Topliss-reactive ketones (excluding diaryl/α,β-unsaturated/α-hetero) is 1. The lowest BCUT2D eigenvalue weighted by Gasteiger charge is -2.17. The van der Waals surface area contributed by atoms with Crippen LogP contribution in [0.3, 0.4) is 0 Å². The highest BCUT2D eigenvalue weighted by atomic mass is 16.2. The maximum absolute atomic E-state index is 11.9. The number of carbonyl (C=O) groups excluding carboxylic acids is 3. The van der Waals surface area contributed by atoms with Crippen LogP contribution in [-0.2, 0) is 9.59 Å². The first-order valence-electron chi connectivity index (χ1n) is 5.72. The first-order valence-corrected chi connectivity index (χ1v) is 5.72. The van der Waals surface area contributed by atoms with Crippen molar-refractivity contribution < 1.29 is 14.4 Å². The van der Waals surface area contributed by atoms with Gasteiger partial charge in [-0.3, -0.25) is 19.3 Å². The number of hydrogen-bond acceptors (Lipinski definition) is 3. The zero-order valence-electron chi connectivity index (χ0n) is 10.4. The summed E-state index contributed by atoms with van der Waals surface area (Å²) in [5, 5.41) is 2.46. The molecule has 2 rings (SSSR count). The molecule has 0 saturated heterocycles. The summed E-state index contributed by atoms with van der Waals surface area (Å²) in [6, 6.07) is 5.08. The highest BCUT2D eigenvalue weighted by Gasteiger charge is 2.37. The number of rotatable bonds is 3. The molecular formula is C14H12N2O3. The first-order chi connectivity index (χ1) is 9.06. The molecule has 0 saturated carbocycles. The molecule has 1 aliphatic heterocycles. The first kappa shape index (κ1) is 12.8. The molecule has 1 aliphatic rings. The van der Waals surface area contributed by atoms with Gasteiger partial charge >= 0.3 is 0 Å². The summed E-state index contributed by atoms with van der Waals surface area (Å²) < 4.78 is 0. The molecule has 0 unspecified atom stereocenters. The lowest BCUT2D eigenvalue weighted by molar-refractivity contribution is -0.121. The number of benzene rings is 1. The second kappa shape index (κ2) is 4.94. The molecule has 1 aromatic carbocycles. The number of nitrogens with zero attached hydrogens (tertiary/aromatic N) is 1. The molecule has 2 amide bonds. The topological polar surface area (TPSA) is 66.5 Å². The molecule has 0 bridgehead atoms. The fourth-order valence-corrected chi connectivity index (χ4v) is 2.04. The van der Waals surface area contributed by atoms with E-state index in [1.165, 1.54) is 4.90 Å². The van der Waals surface area contributed by atoms with E-state index in [4.69, 9.17) is 6.42 Å². The van der Waals surface area contributed by atoms with Gasteiger partial charge < -0.3 is 5.32 Å². The molecule has 5 nitrogen and oxygen atoms in total. The molecule has 5 heteroatoms. The summed E-state index contributed by atoms with van der Waals surface area (Å²) in [5.74, 6) is 0.618. The van der Waals surface area contributed by atoms with E-state index in [1.54, 1.807) is 25.1 Å². The van der Waals surface area contributed by atoms with E-state index in [-0.39, 0.29) is 13.1 Å². The molecule has 0 aromatic heterocycles. The van der Waals surface area contributed by atoms with Gasteiger partial charge in [-0.15, -0.1) is 6.42 Å². The summed E-state index contributed by atoms with van der Waals surface area (Å²) in [6.45, 7) is 1.68. The molecule has 1 aromatic rings. The second-order valence-electron chi connectivity index (χ2n) is 4.17. The Balaban J connectivity index is 2.29. The predicted octanol–water partition coefficient (Wildman–Crippen LogP) is 0.274. The minimum atomic E-state index is -0.680. The minimum absolute atomic E-state index is 0.0927. The number of aryl methyl sites for hydroxylation is 1. The van der Waals surface area contributed by atoms with Crippen molar-refractivity contribution in [1.82, 2.24) is 5.32 Å². The van der Waals surface area contributed by atoms with E-state index in [0.717, 1.165) is 5.56 Å². The van der Waals surface area contributed by atoms with Gasteiger partial charge in [-0.1, -0.05) is 18.1 Å². The van der Waals surface area contributed by atoms with E-state index in [2.05, 4.69) is 11.2 Å². The van der Waals surface area contributed by atoms with Crippen molar-refractivity contribution in [2.45, 2.75) is 6.92 Å². The van der Waals surface area contributed by atoms with Crippen LogP contribution in [0.1, 0.15) is 15.9 Å². The van der Waals surface area contributed by atoms with E-state index >= 15 is 0 Å². The van der Waals surface area contributed by atoms with E-state index in [0.29, 0.717) is 11.3 Å². The van der Waals surface area contributed by atoms with Crippen molar-refractivity contribution in [3.63, 3.8) is 0 Å². The fraction of sp³-hybridized carbons (Fsp3) is 0.214. The maximum atomic E-state index is 11.9. The molecule has 0 fully saturated rings. The highest BCUT2D eigenvalue weighted by Crippen LogP contribution is 2.31. The standard InChI is InChI=1S/C14H12N2O3/c1-3-7-15-11(17)8-16-12-9(2)5-4-6-10(12)13(18)14(16)19/h1,4-6H,7-8H2,2H3,(H,15,17). The molecular weight excluding hydrogens is 244 g/mol. The summed E-state index contributed by atoms with van der Waals surface area (Å²) in [5.41, 5.74) is 1.63. The smallest absolute Gasteiger partial charge is 0.299 e. The Morgan fingerprint density at radius 1 is 1.42 bits per heavy atom. The quantitative estimate of drug-likeness (QED) is 0.623. The van der Waals surface area contributed by atoms with Crippen LogP contribution in [0.2, 0.25) is 0 Å². The van der Waals surface area contributed by atoms with Crippen molar-refractivity contribution in [3.05, 3.63) is 29.3 Å². The number of carbonyl (C=O) groups is 3. The summed E-state index contributed by atoms with van der Waals surface area (Å²) in [7, 11) is 0. The predicted molar refractivity (Wildman–Crippen MR) is 69.7 cm³/mol. The number of terminal acetylenes is 1. The number of nitrogens with one attached hydrogen (secondary N) is 1. The van der Waals surface area contributed by atoms with E-state index in [1.807, 2.05) is 0 Å². The number of amides is 2. The van der Waals surface area contributed by atoms with Gasteiger partial charge in [0.1, 0.15) is 6.54 Å². The monoisotopic (exact) mass is 256 g/mol. The molecule has 96 valence electrons. The molecule has 1 N–H and O–H groups in total. The van der Waals surface area contributed by atoms with Crippen LogP contribution in [0, 0.1) is 19.3 Å². The third kappa shape index (κ3) is 2.20. The van der Waals surface area contributed by atoms with Crippen LogP contribution in [0.15, 0.2) is 18.2 Å². The fourth-order valence-electron chi connectivity index (χ4n) is 2.04. The highest BCUT2D eigenvalue weighted by molar-refractivity contribution is 6.52. The van der Waals surface area contributed by atoms with Gasteiger partial charge in [-0.25, -0.2) is 0 Å². The van der Waals surface area contributed by atoms with E-state index < -0.39 is 17.6 Å². The number of hydrogen-bond donors (Lipinski definition) is 1. The number of ketones is 1.